The van der Waals surface area contributed by atoms with E-state index in [0.29, 0.717) is 23.3 Å². The lowest BCUT2D eigenvalue weighted by Crippen LogP contribution is -2.46. The molecule has 5 rings (SSSR count). The number of fused-ring (bicyclic) bond motifs is 1. The standard InChI is InChI=1S/C26H36N6O/c1-26(2)23(30-22-24(27)28-17-29-25(22)33-26)21-10-8-20(9-11-21)19-6-4-18(5-7-19)16-32-14-12-31(3)13-15-32/h8-11,17-19H,4-7,12-16H2,1-3H3,(H2,27,28,29). The summed E-state index contributed by atoms with van der Waals surface area (Å²) in [7, 11) is 2.23. The average molecular weight is 449 g/mol. The number of anilines is 1. The summed E-state index contributed by atoms with van der Waals surface area (Å²) >= 11 is 0. The zero-order chi connectivity index (χ0) is 23.0. The predicted octanol–water partition coefficient (Wildman–Crippen LogP) is 3.87. The van der Waals surface area contributed by atoms with Crippen LogP contribution in [0, 0.1) is 5.92 Å². The second-order valence-electron chi connectivity index (χ2n) is 10.4. The SMILES string of the molecule is CN1CCN(CC2CCC(c3ccc(C4=Nc5c(N)ncnc5OC4(C)C)cc3)CC2)CC1. The Morgan fingerprint density at radius 2 is 1.70 bits per heavy atom. The Balaban J connectivity index is 1.24. The van der Waals surface area contributed by atoms with Crippen molar-refractivity contribution in [1.82, 2.24) is 19.8 Å². The van der Waals surface area contributed by atoms with Crippen LogP contribution in [-0.2, 0) is 0 Å². The van der Waals surface area contributed by atoms with Crippen LogP contribution >= 0.6 is 0 Å². The number of aromatic nitrogens is 2. The summed E-state index contributed by atoms with van der Waals surface area (Å²) in [5.41, 5.74) is 9.32. The van der Waals surface area contributed by atoms with E-state index < -0.39 is 5.60 Å². The Bertz CT molecular complexity index is 1000. The lowest BCUT2D eigenvalue weighted by molar-refractivity contribution is 0.123. The van der Waals surface area contributed by atoms with Crippen molar-refractivity contribution in [2.45, 2.75) is 51.0 Å². The molecule has 0 unspecified atom stereocenters. The van der Waals surface area contributed by atoms with Crippen molar-refractivity contribution in [3.63, 3.8) is 0 Å². The van der Waals surface area contributed by atoms with Crippen molar-refractivity contribution in [2.24, 2.45) is 10.9 Å². The van der Waals surface area contributed by atoms with Crippen LogP contribution in [0.15, 0.2) is 35.6 Å². The van der Waals surface area contributed by atoms with Gasteiger partial charge in [0.15, 0.2) is 11.5 Å². The Labute approximate surface area is 197 Å². The molecule has 2 aromatic rings. The maximum Gasteiger partial charge on any atom is 0.246 e. The number of aliphatic imine (C=N–C) groups is 1. The molecule has 0 bridgehead atoms. The minimum absolute atomic E-state index is 0.345. The topological polar surface area (TPSA) is 79.9 Å². The minimum Gasteiger partial charge on any atom is -0.463 e. The smallest absolute Gasteiger partial charge is 0.246 e. The zero-order valence-corrected chi connectivity index (χ0v) is 20.1. The van der Waals surface area contributed by atoms with E-state index in [9.17, 15) is 0 Å². The summed E-state index contributed by atoms with van der Waals surface area (Å²) in [5.74, 6) is 2.30. The number of hydrogen-bond donors (Lipinski definition) is 1. The first-order valence-electron chi connectivity index (χ1n) is 12.3. The molecule has 1 saturated carbocycles. The average Bonchev–Trinajstić information content (AvgIpc) is 2.81. The summed E-state index contributed by atoms with van der Waals surface area (Å²) in [5, 5.41) is 0. The molecule has 7 nitrogen and oxygen atoms in total. The van der Waals surface area contributed by atoms with Gasteiger partial charge in [0.2, 0.25) is 5.88 Å². The minimum atomic E-state index is -0.587. The number of likely N-dealkylation sites (N-methyl/N-ethyl adjacent to an activating group) is 1. The molecule has 0 amide bonds. The van der Waals surface area contributed by atoms with E-state index in [4.69, 9.17) is 15.5 Å². The molecule has 3 heterocycles. The van der Waals surface area contributed by atoms with Crippen molar-refractivity contribution in [3.8, 4) is 5.88 Å². The van der Waals surface area contributed by atoms with Crippen LogP contribution in [0.3, 0.4) is 0 Å². The van der Waals surface area contributed by atoms with Gasteiger partial charge in [0.25, 0.3) is 0 Å². The third-order valence-electron chi connectivity index (χ3n) is 7.58. The molecule has 1 aromatic carbocycles. The number of benzene rings is 1. The van der Waals surface area contributed by atoms with Gasteiger partial charge in [0.05, 0.1) is 5.71 Å². The van der Waals surface area contributed by atoms with Crippen LogP contribution < -0.4 is 10.5 Å². The first-order valence-corrected chi connectivity index (χ1v) is 12.3. The number of piperazine rings is 1. The van der Waals surface area contributed by atoms with E-state index in [-0.39, 0.29) is 0 Å². The van der Waals surface area contributed by atoms with E-state index in [0.717, 1.165) is 17.2 Å². The molecule has 0 atom stereocenters. The normalized spacial score (nSPS) is 25.7. The summed E-state index contributed by atoms with van der Waals surface area (Å²) in [6.45, 7) is 10.2. The molecule has 1 aliphatic carbocycles. The Hall–Kier alpha value is -2.51. The van der Waals surface area contributed by atoms with Crippen molar-refractivity contribution >= 4 is 17.2 Å². The van der Waals surface area contributed by atoms with Crippen molar-refractivity contribution < 1.29 is 4.74 Å². The third kappa shape index (κ3) is 4.75. The lowest BCUT2D eigenvalue weighted by Gasteiger charge is -2.37. The highest BCUT2D eigenvalue weighted by atomic mass is 16.5. The second kappa shape index (κ2) is 9.03. The fraction of sp³-hybridized carbons (Fsp3) is 0.577. The number of rotatable bonds is 4. The monoisotopic (exact) mass is 448 g/mol. The van der Waals surface area contributed by atoms with Gasteiger partial charge in [-0.2, -0.15) is 4.98 Å². The largest absolute Gasteiger partial charge is 0.463 e. The molecule has 7 heteroatoms. The van der Waals surface area contributed by atoms with Crippen molar-refractivity contribution in [1.29, 1.82) is 0 Å². The molecular weight excluding hydrogens is 412 g/mol. The molecule has 0 spiro atoms. The van der Waals surface area contributed by atoms with E-state index >= 15 is 0 Å². The van der Waals surface area contributed by atoms with Gasteiger partial charge in [0.1, 0.15) is 11.9 Å². The van der Waals surface area contributed by atoms with Gasteiger partial charge in [-0.25, -0.2) is 9.98 Å². The predicted molar refractivity (Wildman–Crippen MR) is 132 cm³/mol. The van der Waals surface area contributed by atoms with Gasteiger partial charge in [-0.05, 0) is 64.0 Å². The Morgan fingerprint density at radius 1 is 1.00 bits per heavy atom. The van der Waals surface area contributed by atoms with E-state index in [1.165, 1.54) is 70.3 Å². The summed E-state index contributed by atoms with van der Waals surface area (Å²) in [4.78, 5) is 18.2. The molecule has 1 aromatic heterocycles. The van der Waals surface area contributed by atoms with Gasteiger partial charge in [-0.15, -0.1) is 0 Å². The molecular formula is C26H36N6O. The number of hydrogen-bond acceptors (Lipinski definition) is 7. The molecule has 2 fully saturated rings. The molecule has 0 radical (unpaired) electrons. The molecule has 1 saturated heterocycles. The van der Waals surface area contributed by atoms with Gasteiger partial charge in [-0.3, -0.25) is 0 Å². The highest BCUT2D eigenvalue weighted by Gasteiger charge is 2.35. The highest BCUT2D eigenvalue weighted by Crippen LogP contribution is 2.40. The Morgan fingerprint density at radius 3 is 2.39 bits per heavy atom. The molecule has 176 valence electrons. The molecule has 2 N–H and O–H groups in total. The number of nitrogens with two attached hydrogens (primary N) is 1. The van der Waals surface area contributed by atoms with E-state index in [2.05, 4.69) is 51.1 Å². The number of nitrogen functional groups attached to an aromatic ring is 1. The first-order chi connectivity index (χ1) is 15.9. The number of ether oxygens (including phenoxy) is 1. The van der Waals surface area contributed by atoms with Crippen LogP contribution in [0.4, 0.5) is 11.5 Å². The fourth-order valence-electron chi connectivity index (χ4n) is 5.49. The maximum absolute atomic E-state index is 6.13. The molecule has 2 aliphatic heterocycles. The van der Waals surface area contributed by atoms with Gasteiger partial charge in [-0.1, -0.05) is 24.3 Å². The van der Waals surface area contributed by atoms with Crippen molar-refractivity contribution in [3.05, 3.63) is 41.7 Å². The number of nitrogens with zero attached hydrogens (tertiary/aromatic N) is 5. The highest BCUT2D eigenvalue weighted by molar-refractivity contribution is 6.09. The second-order valence-corrected chi connectivity index (χ2v) is 10.4. The fourth-order valence-corrected chi connectivity index (χ4v) is 5.49. The quantitative estimate of drug-likeness (QED) is 0.765. The third-order valence-corrected chi connectivity index (χ3v) is 7.58. The molecule has 3 aliphatic rings. The van der Waals surface area contributed by atoms with Crippen LogP contribution in [0.2, 0.25) is 0 Å². The summed E-state index contributed by atoms with van der Waals surface area (Å²) in [6, 6.07) is 8.92. The maximum atomic E-state index is 6.13. The van der Waals surface area contributed by atoms with Crippen molar-refractivity contribution in [2.75, 3.05) is 45.5 Å². The Kier molecular flexibility index (Phi) is 6.10. The molecule has 33 heavy (non-hydrogen) atoms. The summed E-state index contributed by atoms with van der Waals surface area (Å²) < 4.78 is 6.13. The van der Waals surface area contributed by atoms with Crippen LogP contribution in [0.1, 0.15) is 56.6 Å². The van der Waals surface area contributed by atoms with Gasteiger partial charge >= 0.3 is 0 Å². The van der Waals surface area contributed by atoms with Crippen LogP contribution in [0.25, 0.3) is 0 Å². The van der Waals surface area contributed by atoms with Crippen LogP contribution in [0.5, 0.6) is 5.88 Å². The lowest BCUT2D eigenvalue weighted by atomic mass is 9.78. The van der Waals surface area contributed by atoms with Crippen LogP contribution in [-0.4, -0.2) is 70.9 Å². The first kappa shape index (κ1) is 22.3. The zero-order valence-electron chi connectivity index (χ0n) is 20.1. The van der Waals surface area contributed by atoms with E-state index in [1.807, 2.05) is 13.8 Å². The van der Waals surface area contributed by atoms with E-state index in [1.54, 1.807) is 0 Å². The van der Waals surface area contributed by atoms with Gasteiger partial charge < -0.3 is 20.3 Å². The van der Waals surface area contributed by atoms with Gasteiger partial charge in [0, 0.05) is 38.3 Å². The summed E-state index contributed by atoms with van der Waals surface area (Å²) in [6.07, 6.45) is 6.66.